The maximum absolute atomic E-state index is 13.8. The summed E-state index contributed by atoms with van der Waals surface area (Å²) in [5.41, 5.74) is 2.54. The number of nitrogens with one attached hydrogen (secondary N) is 1. The van der Waals surface area contributed by atoms with Crippen LogP contribution in [0.2, 0.25) is 0 Å². The number of anilines is 1. The first kappa shape index (κ1) is 29.5. The largest absolute Gasteiger partial charge is 0.355 e. The monoisotopic (exact) mass is 583 g/mol. The van der Waals surface area contributed by atoms with Crippen LogP contribution in [0.25, 0.3) is 0 Å². The van der Waals surface area contributed by atoms with Crippen LogP contribution >= 0.6 is 0 Å². The number of carbonyl (C=O) groups is 2. The molecule has 4 aliphatic rings. The van der Waals surface area contributed by atoms with E-state index < -0.39 is 34.3 Å². The second kappa shape index (κ2) is 11.7. The number of hydrogen-bond donors (Lipinski definition) is 1. The minimum absolute atomic E-state index is 0.0529. The summed E-state index contributed by atoms with van der Waals surface area (Å²) in [4.78, 5) is 28.1. The van der Waals surface area contributed by atoms with Crippen LogP contribution in [0, 0.1) is 23.6 Å². The maximum Gasteiger partial charge on any atom is 0.244 e. The Morgan fingerprint density at radius 1 is 0.951 bits per heavy atom. The molecule has 6 rings (SSSR count). The van der Waals surface area contributed by atoms with E-state index in [2.05, 4.69) is 17.4 Å². The summed E-state index contributed by atoms with van der Waals surface area (Å²) in [6.45, 7) is 3.63. The topological polar surface area (TPSA) is 86.8 Å². The van der Waals surface area contributed by atoms with Gasteiger partial charge in [-0.25, -0.2) is 12.8 Å². The fourth-order valence-electron chi connectivity index (χ4n) is 8.06. The lowest BCUT2D eigenvalue weighted by Gasteiger charge is -2.57. The molecule has 0 saturated heterocycles. The van der Waals surface area contributed by atoms with E-state index in [1.54, 1.807) is 19.1 Å². The van der Waals surface area contributed by atoms with Crippen molar-refractivity contribution in [2.24, 2.45) is 17.8 Å². The van der Waals surface area contributed by atoms with Crippen molar-refractivity contribution in [3.8, 4) is 0 Å². The molecule has 0 radical (unpaired) electrons. The van der Waals surface area contributed by atoms with Crippen molar-refractivity contribution < 1.29 is 22.4 Å². The van der Waals surface area contributed by atoms with Crippen molar-refractivity contribution in [1.29, 1.82) is 0 Å². The number of amides is 2. The second-order valence-electron chi connectivity index (χ2n) is 12.5. The molecule has 4 bridgehead atoms. The van der Waals surface area contributed by atoms with Crippen molar-refractivity contribution in [3.63, 3.8) is 0 Å². The fraction of sp³-hybridized carbons (Fsp3) is 0.562. The third kappa shape index (κ3) is 6.30. The Bertz CT molecular complexity index is 1330. The van der Waals surface area contributed by atoms with Crippen molar-refractivity contribution in [2.45, 2.75) is 76.8 Å². The van der Waals surface area contributed by atoms with Crippen molar-refractivity contribution >= 4 is 27.5 Å². The van der Waals surface area contributed by atoms with E-state index in [0.717, 1.165) is 28.3 Å². The summed E-state index contributed by atoms with van der Waals surface area (Å²) in [5.74, 6) is 1.20. The molecule has 0 unspecified atom stereocenters. The zero-order valence-corrected chi connectivity index (χ0v) is 25.1. The van der Waals surface area contributed by atoms with Crippen LogP contribution < -0.4 is 9.62 Å². The summed E-state index contributed by atoms with van der Waals surface area (Å²) >= 11 is 0. The molecule has 2 aromatic carbocycles. The highest BCUT2D eigenvalue weighted by Gasteiger charge is 2.51. The first-order chi connectivity index (χ1) is 19.5. The van der Waals surface area contributed by atoms with Crippen LogP contribution in [0.4, 0.5) is 10.1 Å². The Morgan fingerprint density at radius 3 is 2.00 bits per heavy atom. The Balaban J connectivity index is 1.40. The molecule has 1 N–H and O–H groups in total. The van der Waals surface area contributed by atoms with E-state index in [1.807, 2.05) is 19.1 Å². The van der Waals surface area contributed by atoms with Gasteiger partial charge >= 0.3 is 0 Å². The average molecular weight is 584 g/mol. The predicted octanol–water partition coefficient (Wildman–Crippen LogP) is 5.00. The van der Waals surface area contributed by atoms with Gasteiger partial charge in [0.2, 0.25) is 21.8 Å². The van der Waals surface area contributed by atoms with Crippen LogP contribution in [-0.2, 0) is 31.6 Å². The van der Waals surface area contributed by atoms with Gasteiger partial charge in [0.05, 0.1) is 11.9 Å². The number of hydrogen-bond acceptors (Lipinski definition) is 4. The molecule has 0 spiro atoms. The fourth-order valence-corrected chi connectivity index (χ4v) is 8.91. The molecule has 4 aliphatic carbocycles. The van der Waals surface area contributed by atoms with Crippen LogP contribution in [0.3, 0.4) is 0 Å². The SMILES string of the molecule is CCNC(=O)[C@@H](CC)N(Cc1ccc(F)cc1)C(=O)CN(c1ccc(C23CC4CC(CC(C4)C2)C3)cc1)S(C)(=O)=O. The molecule has 41 heavy (non-hydrogen) atoms. The third-order valence-corrected chi connectivity index (χ3v) is 10.6. The third-order valence-electron chi connectivity index (χ3n) is 9.49. The second-order valence-corrected chi connectivity index (χ2v) is 14.4. The zero-order valence-electron chi connectivity index (χ0n) is 24.3. The lowest BCUT2D eigenvalue weighted by atomic mass is 9.48. The highest BCUT2D eigenvalue weighted by Crippen LogP contribution is 2.60. The van der Waals surface area contributed by atoms with Gasteiger partial charge in [-0.05, 0) is 110 Å². The van der Waals surface area contributed by atoms with Gasteiger partial charge in [0.25, 0.3) is 0 Å². The van der Waals surface area contributed by atoms with Crippen LogP contribution in [0.1, 0.15) is 69.9 Å². The Hall–Kier alpha value is -2.94. The minimum atomic E-state index is -3.81. The number of sulfonamides is 1. The molecule has 1 atom stereocenters. The number of carbonyl (C=O) groups excluding carboxylic acids is 2. The van der Waals surface area contributed by atoms with Gasteiger partial charge in [-0.15, -0.1) is 0 Å². The Morgan fingerprint density at radius 2 is 1.51 bits per heavy atom. The standard InChI is InChI=1S/C32H42FN3O4S/c1-4-29(31(38)34-5-2)35(20-22-6-10-27(33)11-7-22)30(37)21-36(41(3,39)40)28-12-8-26(9-13-28)32-17-23-14-24(18-32)16-25(15-23)19-32/h6-13,23-25,29H,4-5,14-21H2,1-3H3,(H,34,38)/t23?,24?,25?,29-,32?/m1/s1. The molecule has 7 nitrogen and oxygen atoms in total. The maximum atomic E-state index is 13.8. The van der Waals surface area contributed by atoms with Crippen molar-refractivity contribution in [2.75, 3.05) is 23.7 Å². The Kier molecular flexibility index (Phi) is 8.46. The van der Waals surface area contributed by atoms with E-state index in [4.69, 9.17) is 0 Å². The highest BCUT2D eigenvalue weighted by molar-refractivity contribution is 7.92. The normalized spacial score (nSPS) is 25.5. The predicted molar refractivity (Wildman–Crippen MR) is 158 cm³/mol. The molecule has 0 aliphatic heterocycles. The molecule has 9 heteroatoms. The zero-order chi connectivity index (χ0) is 29.4. The minimum Gasteiger partial charge on any atom is -0.355 e. The van der Waals surface area contributed by atoms with Crippen molar-refractivity contribution in [3.05, 3.63) is 65.5 Å². The molecule has 4 fully saturated rings. The van der Waals surface area contributed by atoms with Gasteiger partial charge in [-0.1, -0.05) is 31.2 Å². The summed E-state index contributed by atoms with van der Waals surface area (Å²) in [7, 11) is -3.81. The molecule has 0 heterocycles. The van der Waals surface area contributed by atoms with E-state index >= 15 is 0 Å². The van der Waals surface area contributed by atoms with Crippen LogP contribution in [0.5, 0.6) is 0 Å². The van der Waals surface area contributed by atoms with Gasteiger partial charge in [-0.2, -0.15) is 0 Å². The Labute approximate surface area is 243 Å². The molecule has 4 saturated carbocycles. The van der Waals surface area contributed by atoms with Gasteiger partial charge < -0.3 is 10.2 Å². The van der Waals surface area contributed by atoms with Crippen LogP contribution in [-0.4, -0.2) is 50.5 Å². The molecule has 0 aromatic heterocycles. The number of nitrogens with zero attached hydrogens (tertiary/aromatic N) is 2. The van der Waals surface area contributed by atoms with Gasteiger partial charge in [0.1, 0.15) is 18.4 Å². The quantitative estimate of drug-likeness (QED) is 0.403. The summed E-state index contributed by atoms with van der Waals surface area (Å²) in [5, 5.41) is 2.78. The van der Waals surface area contributed by atoms with E-state index in [9.17, 15) is 22.4 Å². The number of likely N-dealkylation sites (N-methyl/N-ethyl adjacent to an activating group) is 1. The lowest BCUT2D eigenvalue weighted by molar-refractivity contribution is -0.140. The van der Waals surface area contributed by atoms with E-state index in [0.29, 0.717) is 24.2 Å². The molecule has 222 valence electrons. The van der Waals surface area contributed by atoms with Crippen LogP contribution in [0.15, 0.2) is 48.5 Å². The smallest absolute Gasteiger partial charge is 0.244 e. The molecule has 2 amide bonds. The van der Waals surface area contributed by atoms with Gasteiger partial charge in [-0.3, -0.25) is 13.9 Å². The highest BCUT2D eigenvalue weighted by atomic mass is 32.2. The number of halogens is 1. The van der Waals surface area contributed by atoms with Gasteiger partial charge in [0, 0.05) is 13.1 Å². The average Bonchev–Trinajstić information content (AvgIpc) is 2.91. The number of rotatable bonds is 11. The summed E-state index contributed by atoms with van der Waals surface area (Å²) < 4.78 is 40.7. The van der Waals surface area contributed by atoms with Gasteiger partial charge in [0.15, 0.2) is 0 Å². The molecular weight excluding hydrogens is 541 g/mol. The molecule has 2 aromatic rings. The number of benzene rings is 2. The van der Waals surface area contributed by atoms with Crippen molar-refractivity contribution in [1.82, 2.24) is 10.2 Å². The molecular formula is C32H42FN3O4S. The summed E-state index contributed by atoms with van der Waals surface area (Å²) in [6, 6.07) is 12.7. The summed E-state index contributed by atoms with van der Waals surface area (Å²) in [6.07, 6.45) is 9.13. The first-order valence-corrected chi connectivity index (χ1v) is 16.8. The van der Waals surface area contributed by atoms with E-state index in [-0.39, 0.29) is 17.9 Å². The van der Waals surface area contributed by atoms with E-state index in [1.165, 1.54) is 61.1 Å². The first-order valence-electron chi connectivity index (χ1n) is 14.9. The lowest BCUT2D eigenvalue weighted by Crippen LogP contribution is -2.52.